The highest BCUT2D eigenvalue weighted by molar-refractivity contribution is 6.31. The van der Waals surface area contributed by atoms with E-state index in [4.69, 9.17) is 16.9 Å². The van der Waals surface area contributed by atoms with Crippen molar-refractivity contribution in [3.63, 3.8) is 0 Å². The highest BCUT2D eigenvalue weighted by Gasteiger charge is 2.38. The molecule has 1 aliphatic carbocycles. The first-order valence-corrected chi connectivity index (χ1v) is 13.5. The van der Waals surface area contributed by atoms with Crippen LogP contribution >= 0.6 is 11.6 Å². The average molecular weight is 550 g/mol. The number of fused-ring (bicyclic) bond motifs is 1. The topological polar surface area (TPSA) is 99.3 Å². The Morgan fingerprint density at radius 2 is 1.92 bits per heavy atom. The van der Waals surface area contributed by atoms with Gasteiger partial charge in [0.1, 0.15) is 18.8 Å². The minimum Gasteiger partial charge on any atom is -0.342 e. The fourth-order valence-corrected chi connectivity index (χ4v) is 5.61. The first-order valence-electron chi connectivity index (χ1n) is 13.1. The van der Waals surface area contributed by atoms with E-state index in [2.05, 4.69) is 4.98 Å². The molecule has 0 unspecified atom stereocenters. The summed E-state index contributed by atoms with van der Waals surface area (Å²) in [5.74, 6) is -0.179. The summed E-state index contributed by atoms with van der Waals surface area (Å²) in [7, 11) is 1.64. The molecule has 2 aliphatic rings. The highest BCUT2D eigenvalue weighted by Crippen LogP contribution is 2.34. The number of carbonyl (C=O) groups is 2. The third-order valence-electron chi connectivity index (χ3n) is 7.86. The van der Waals surface area contributed by atoms with Crippen molar-refractivity contribution in [1.82, 2.24) is 19.4 Å². The van der Waals surface area contributed by atoms with E-state index in [1.165, 1.54) is 15.8 Å². The summed E-state index contributed by atoms with van der Waals surface area (Å²) in [4.78, 5) is 46.5. The van der Waals surface area contributed by atoms with Gasteiger partial charge in [0.05, 0.1) is 27.8 Å². The maximum atomic E-state index is 13.3. The zero-order valence-corrected chi connectivity index (χ0v) is 22.4. The van der Waals surface area contributed by atoms with Gasteiger partial charge in [-0.2, -0.15) is 5.26 Å². The van der Waals surface area contributed by atoms with Crippen LogP contribution in [0.5, 0.6) is 0 Å². The van der Waals surface area contributed by atoms with Gasteiger partial charge in [-0.15, -0.1) is 0 Å². The van der Waals surface area contributed by atoms with Crippen molar-refractivity contribution >= 4 is 34.3 Å². The second-order valence-corrected chi connectivity index (χ2v) is 10.9. The number of amides is 2. The molecule has 0 radical (unpaired) electrons. The van der Waals surface area contributed by atoms with Gasteiger partial charge < -0.3 is 9.80 Å². The molecular formula is C29H29ClFN5O3. The van der Waals surface area contributed by atoms with Crippen LogP contribution in [-0.4, -0.2) is 57.5 Å². The van der Waals surface area contributed by atoms with E-state index in [1.54, 1.807) is 25.2 Å². The van der Waals surface area contributed by atoms with Gasteiger partial charge in [0.25, 0.3) is 5.56 Å². The van der Waals surface area contributed by atoms with E-state index in [9.17, 15) is 18.8 Å². The summed E-state index contributed by atoms with van der Waals surface area (Å²) in [5.41, 5.74) is 2.43. The number of likely N-dealkylation sites (N-methyl/N-ethyl adjacent to an activating group) is 1. The minimum atomic E-state index is -0.843. The maximum Gasteiger partial charge on any atom is 0.261 e. The summed E-state index contributed by atoms with van der Waals surface area (Å²) in [6.07, 6.45) is 2.78. The molecule has 1 aliphatic heterocycles. The Labute approximate surface area is 230 Å². The number of halogens is 2. The summed E-state index contributed by atoms with van der Waals surface area (Å²) < 4.78 is 14.5. The molecule has 10 heteroatoms. The van der Waals surface area contributed by atoms with E-state index in [-0.39, 0.29) is 42.3 Å². The number of rotatable bonds is 6. The van der Waals surface area contributed by atoms with Crippen molar-refractivity contribution in [3.8, 4) is 6.07 Å². The minimum absolute atomic E-state index is 0.0601. The van der Waals surface area contributed by atoms with Crippen LogP contribution in [0.4, 0.5) is 4.39 Å². The van der Waals surface area contributed by atoms with E-state index < -0.39 is 6.17 Å². The average Bonchev–Trinajstić information content (AvgIpc) is 2.92. The molecule has 2 heterocycles. The molecule has 1 saturated heterocycles. The lowest BCUT2D eigenvalue weighted by atomic mass is 9.81. The molecule has 0 bridgehead atoms. The number of aromatic nitrogens is 2. The van der Waals surface area contributed by atoms with Gasteiger partial charge in [-0.1, -0.05) is 23.7 Å². The number of hydrogen-bond acceptors (Lipinski definition) is 5. The molecule has 1 aromatic heterocycles. The quantitative estimate of drug-likeness (QED) is 0.462. The second-order valence-electron chi connectivity index (χ2n) is 10.5. The first kappa shape index (κ1) is 26.8. The zero-order valence-electron chi connectivity index (χ0n) is 21.6. The number of piperidine rings is 1. The van der Waals surface area contributed by atoms with Crippen molar-refractivity contribution in [2.45, 2.75) is 50.9 Å². The van der Waals surface area contributed by atoms with Crippen LogP contribution in [0.1, 0.15) is 48.3 Å². The molecule has 39 heavy (non-hydrogen) atoms. The van der Waals surface area contributed by atoms with Crippen LogP contribution in [0, 0.1) is 17.2 Å². The largest absolute Gasteiger partial charge is 0.342 e. The first-order chi connectivity index (χ1) is 18.7. The smallest absolute Gasteiger partial charge is 0.261 e. The van der Waals surface area contributed by atoms with Gasteiger partial charge in [-0.05, 0) is 67.0 Å². The fourth-order valence-electron chi connectivity index (χ4n) is 5.36. The van der Waals surface area contributed by atoms with Gasteiger partial charge in [0, 0.05) is 32.6 Å². The lowest BCUT2D eigenvalue weighted by Gasteiger charge is -2.37. The number of carbonyl (C=O) groups excluding carboxylic acids is 2. The Bertz CT molecular complexity index is 1520. The van der Waals surface area contributed by atoms with Crippen molar-refractivity contribution in [1.29, 1.82) is 5.26 Å². The predicted molar refractivity (Wildman–Crippen MR) is 145 cm³/mol. The van der Waals surface area contributed by atoms with Crippen LogP contribution in [0.3, 0.4) is 0 Å². The Kier molecular flexibility index (Phi) is 7.67. The van der Waals surface area contributed by atoms with Crippen molar-refractivity contribution in [2.75, 3.05) is 20.1 Å². The van der Waals surface area contributed by atoms with Gasteiger partial charge in [-0.3, -0.25) is 19.0 Å². The molecule has 2 fully saturated rings. The molecule has 3 aromatic rings. The van der Waals surface area contributed by atoms with E-state index >= 15 is 0 Å². The molecule has 2 amide bonds. The van der Waals surface area contributed by atoms with Crippen molar-refractivity contribution < 1.29 is 14.0 Å². The van der Waals surface area contributed by atoms with E-state index in [0.717, 1.165) is 24.0 Å². The summed E-state index contributed by atoms with van der Waals surface area (Å²) >= 11 is 6.10. The monoisotopic (exact) mass is 549 g/mol. The summed E-state index contributed by atoms with van der Waals surface area (Å²) in [6.45, 7) is 1.36. The number of hydrogen-bond donors (Lipinski definition) is 0. The number of nitriles is 1. The normalized spacial score (nSPS) is 19.4. The van der Waals surface area contributed by atoms with Crippen LogP contribution in [0.25, 0.3) is 10.9 Å². The molecule has 1 saturated carbocycles. The van der Waals surface area contributed by atoms with Gasteiger partial charge in [0.15, 0.2) is 0 Å². The number of benzene rings is 2. The zero-order chi connectivity index (χ0) is 27.7. The molecule has 0 spiro atoms. The maximum absolute atomic E-state index is 13.3. The van der Waals surface area contributed by atoms with Crippen molar-refractivity contribution in [2.24, 2.45) is 5.92 Å². The van der Waals surface area contributed by atoms with Crippen LogP contribution in [0.15, 0.2) is 47.5 Å². The third-order valence-corrected chi connectivity index (χ3v) is 8.17. The Balaban J connectivity index is 1.25. The lowest BCUT2D eigenvalue weighted by molar-refractivity contribution is -0.141. The molecular weight excluding hydrogens is 521 g/mol. The number of alkyl halides is 1. The van der Waals surface area contributed by atoms with Gasteiger partial charge in [-0.25, -0.2) is 9.37 Å². The standard InChI is InChI=1S/C29H29ClFN5O3/c1-34(15-18-2-3-21(14-32)25(30)10-18)27(37)16-36-17-33-26-5-4-20(13-24(26)29(36)39)19-6-8-35(9-7-19)28(38)22-11-23(31)12-22/h2-5,10,13,17,19,22-23H,6-9,11-12,15-16H2,1H3. The second kappa shape index (κ2) is 11.1. The molecule has 0 N–H and O–H groups in total. The molecule has 5 rings (SSSR count). The van der Waals surface area contributed by atoms with Gasteiger partial charge >= 0.3 is 0 Å². The summed E-state index contributed by atoms with van der Waals surface area (Å²) in [5, 5.41) is 9.82. The summed E-state index contributed by atoms with van der Waals surface area (Å²) in [6, 6.07) is 12.7. The third kappa shape index (κ3) is 5.66. The molecule has 8 nitrogen and oxygen atoms in total. The number of likely N-dealkylation sites (tertiary alicyclic amines) is 1. The van der Waals surface area contributed by atoms with Gasteiger partial charge in [0.2, 0.25) is 11.8 Å². The molecule has 0 atom stereocenters. The molecule has 2 aromatic carbocycles. The Hall–Kier alpha value is -3.77. The Morgan fingerprint density at radius 3 is 2.59 bits per heavy atom. The van der Waals surface area contributed by atoms with Crippen molar-refractivity contribution in [3.05, 3.63) is 74.8 Å². The highest BCUT2D eigenvalue weighted by atomic mass is 35.5. The van der Waals surface area contributed by atoms with E-state index in [0.29, 0.717) is 47.4 Å². The van der Waals surface area contributed by atoms with Crippen LogP contribution < -0.4 is 5.56 Å². The predicted octanol–water partition coefficient (Wildman–Crippen LogP) is 4.03. The Morgan fingerprint density at radius 1 is 1.18 bits per heavy atom. The SMILES string of the molecule is CN(Cc1ccc(C#N)c(Cl)c1)C(=O)Cn1cnc2ccc(C3CCN(C(=O)C4CC(F)C4)CC3)cc2c1=O. The van der Waals surface area contributed by atoms with E-state index in [1.807, 2.05) is 29.2 Å². The number of nitrogens with zero attached hydrogens (tertiary/aromatic N) is 5. The fraction of sp³-hybridized carbons (Fsp3) is 0.414. The van der Waals surface area contributed by atoms with Crippen LogP contribution in [0.2, 0.25) is 5.02 Å². The molecule has 202 valence electrons. The van der Waals surface area contributed by atoms with Crippen LogP contribution in [-0.2, 0) is 22.7 Å². The lowest BCUT2D eigenvalue weighted by Crippen LogP contribution is -2.45.